The molecule has 0 saturated heterocycles. The highest BCUT2D eigenvalue weighted by atomic mass is 79.9. The van der Waals surface area contributed by atoms with Crippen LogP contribution in [0.15, 0.2) is 22.7 Å². The number of ether oxygens (including phenoxy) is 1. The first-order chi connectivity index (χ1) is 8.81. The fourth-order valence-corrected chi connectivity index (χ4v) is 2.53. The van der Waals surface area contributed by atoms with E-state index in [1.165, 1.54) is 19.2 Å². The van der Waals surface area contributed by atoms with Gasteiger partial charge in [0.1, 0.15) is 11.4 Å². The lowest BCUT2D eigenvalue weighted by Crippen LogP contribution is -2.49. The van der Waals surface area contributed by atoms with Crippen molar-refractivity contribution in [1.29, 1.82) is 0 Å². The molecule has 0 saturated carbocycles. The summed E-state index contributed by atoms with van der Waals surface area (Å²) < 4.78 is 18.6. The quantitative estimate of drug-likeness (QED) is 0.842. The standard InChI is InChI=1S/C14H19BrFNO2/c1-9(2)8-17-14(3,13(18)19-4)11-6-5-10(16)7-12(11)15/h5-7,9,17H,8H2,1-4H3. The van der Waals surface area contributed by atoms with Crippen LogP contribution < -0.4 is 5.32 Å². The van der Waals surface area contributed by atoms with Crippen molar-refractivity contribution in [3.05, 3.63) is 34.1 Å². The molecular weight excluding hydrogens is 313 g/mol. The average molecular weight is 332 g/mol. The number of hydrogen-bond donors (Lipinski definition) is 1. The van der Waals surface area contributed by atoms with Crippen LogP contribution in [0.25, 0.3) is 0 Å². The summed E-state index contributed by atoms with van der Waals surface area (Å²) in [6, 6.07) is 4.26. The van der Waals surface area contributed by atoms with Crippen LogP contribution in [-0.2, 0) is 15.1 Å². The second-order valence-electron chi connectivity index (χ2n) is 5.02. The van der Waals surface area contributed by atoms with Gasteiger partial charge >= 0.3 is 5.97 Å². The molecule has 0 bridgehead atoms. The van der Waals surface area contributed by atoms with Crippen LogP contribution in [0.1, 0.15) is 26.3 Å². The van der Waals surface area contributed by atoms with E-state index in [1.54, 1.807) is 13.0 Å². The van der Waals surface area contributed by atoms with E-state index in [1.807, 2.05) is 13.8 Å². The largest absolute Gasteiger partial charge is 0.467 e. The van der Waals surface area contributed by atoms with Crippen molar-refractivity contribution in [3.63, 3.8) is 0 Å². The van der Waals surface area contributed by atoms with Gasteiger partial charge in [-0.15, -0.1) is 0 Å². The molecule has 0 aliphatic rings. The van der Waals surface area contributed by atoms with E-state index in [9.17, 15) is 9.18 Å². The molecule has 0 amide bonds. The van der Waals surface area contributed by atoms with Crippen LogP contribution in [0.5, 0.6) is 0 Å². The van der Waals surface area contributed by atoms with Gasteiger partial charge in [-0.05, 0) is 37.1 Å². The summed E-state index contributed by atoms with van der Waals surface area (Å²) in [4.78, 5) is 12.1. The van der Waals surface area contributed by atoms with Crippen molar-refractivity contribution >= 4 is 21.9 Å². The fraction of sp³-hybridized carbons (Fsp3) is 0.500. The summed E-state index contributed by atoms with van der Waals surface area (Å²) in [5.74, 6) is -0.379. The molecule has 1 rings (SSSR count). The zero-order valence-corrected chi connectivity index (χ0v) is 13.2. The maximum Gasteiger partial charge on any atom is 0.330 e. The van der Waals surface area contributed by atoms with Gasteiger partial charge in [-0.3, -0.25) is 5.32 Å². The molecular formula is C14H19BrFNO2. The van der Waals surface area contributed by atoms with Gasteiger partial charge in [0.05, 0.1) is 7.11 Å². The predicted octanol–water partition coefficient (Wildman–Crippen LogP) is 3.22. The first-order valence-electron chi connectivity index (χ1n) is 6.10. The Hall–Kier alpha value is -0.940. The summed E-state index contributed by atoms with van der Waals surface area (Å²) in [5.41, 5.74) is -0.354. The van der Waals surface area contributed by atoms with Gasteiger partial charge in [0, 0.05) is 4.47 Å². The van der Waals surface area contributed by atoms with Gasteiger partial charge in [-0.1, -0.05) is 35.8 Å². The molecule has 0 aromatic heterocycles. The Kier molecular flexibility index (Phi) is 5.50. The third-order valence-corrected chi connectivity index (χ3v) is 3.58. The van der Waals surface area contributed by atoms with Crippen LogP contribution >= 0.6 is 15.9 Å². The molecule has 1 aromatic rings. The van der Waals surface area contributed by atoms with Gasteiger partial charge in [0.25, 0.3) is 0 Å². The topological polar surface area (TPSA) is 38.3 Å². The van der Waals surface area contributed by atoms with E-state index in [-0.39, 0.29) is 5.82 Å². The lowest BCUT2D eigenvalue weighted by atomic mass is 9.91. The number of esters is 1. The minimum Gasteiger partial charge on any atom is -0.467 e. The second-order valence-corrected chi connectivity index (χ2v) is 5.87. The van der Waals surface area contributed by atoms with E-state index in [0.29, 0.717) is 22.5 Å². The highest BCUT2D eigenvalue weighted by molar-refractivity contribution is 9.10. The number of rotatable bonds is 5. The maximum absolute atomic E-state index is 13.2. The summed E-state index contributed by atoms with van der Waals surface area (Å²) in [5, 5.41) is 3.20. The summed E-state index contributed by atoms with van der Waals surface area (Å²) >= 11 is 3.30. The molecule has 1 aromatic carbocycles. The average Bonchev–Trinajstić information content (AvgIpc) is 2.34. The second kappa shape index (κ2) is 6.48. The Labute approximate surface area is 121 Å². The van der Waals surface area contributed by atoms with Gasteiger partial charge in [-0.2, -0.15) is 0 Å². The molecule has 5 heteroatoms. The lowest BCUT2D eigenvalue weighted by Gasteiger charge is -2.30. The molecule has 19 heavy (non-hydrogen) atoms. The Morgan fingerprint density at radius 1 is 1.53 bits per heavy atom. The Morgan fingerprint density at radius 2 is 2.16 bits per heavy atom. The Balaban J connectivity index is 3.18. The smallest absolute Gasteiger partial charge is 0.330 e. The van der Waals surface area contributed by atoms with Crippen molar-refractivity contribution < 1.29 is 13.9 Å². The van der Waals surface area contributed by atoms with Crippen LogP contribution in [-0.4, -0.2) is 19.6 Å². The minimum atomic E-state index is -1.01. The number of nitrogens with one attached hydrogen (secondary N) is 1. The Morgan fingerprint density at radius 3 is 2.63 bits per heavy atom. The van der Waals surface area contributed by atoms with Crippen LogP contribution in [0.3, 0.4) is 0 Å². The number of carbonyl (C=O) groups excluding carboxylic acids is 1. The van der Waals surface area contributed by atoms with E-state index < -0.39 is 11.5 Å². The summed E-state index contributed by atoms with van der Waals surface area (Å²) in [6.45, 7) is 6.48. The lowest BCUT2D eigenvalue weighted by molar-refractivity contribution is -0.148. The highest BCUT2D eigenvalue weighted by Gasteiger charge is 2.37. The molecule has 3 nitrogen and oxygen atoms in total. The fourth-order valence-electron chi connectivity index (χ4n) is 1.78. The predicted molar refractivity (Wildman–Crippen MR) is 76.3 cm³/mol. The van der Waals surface area contributed by atoms with Gasteiger partial charge in [-0.25, -0.2) is 9.18 Å². The van der Waals surface area contributed by atoms with Crippen molar-refractivity contribution in [2.75, 3.05) is 13.7 Å². The van der Waals surface area contributed by atoms with E-state index >= 15 is 0 Å². The Bertz CT molecular complexity index is 465. The van der Waals surface area contributed by atoms with Crippen LogP contribution in [0.2, 0.25) is 0 Å². The monoisotopic (exact) mass is 331 g/mol. The van der Waals surface area contributed by atoms with Gasteiger partial charge < -0.3 is 4.74 Å². The zero-order valence-electron chi connectivity index (χ0n) is 11.6. The molecule has 0 radical (unpaired) electrons. The van der Waals surface area contributed by atoms with Crippen molar-refractivity contribution in [2.45, 2.75) is 26.3 Å². The maximum atomic E-state index is 13.2. The molecule has 106 valence electrons. The number of methoxy groups -OCH3 is 1. The number of halogens is 2. The molecule has 0 spiro atoms. The first-order valence-corrected chi connectivity index (χ1v) is 6.89. The molecule has 1 atom stereocenters. The SMILES string of the molecule is COC(=O)C(C)(NCC(C)C)c1ccc(F)cc1Br. The zero-order chi connectivity index (χ0) is 14.6. The normalized spacial score (nSPS) is 14.3. The molecule has 0 aliphatic carbocycles. The van der Waals surface area contributed by atoms with E-state index in [2.05, 4.69) is 21.2 Å². The third kappa shape index (κ3) is 3.76. The third-order valence-electron chi connectivity index (χ3n) is 2.93. The number of carbonyl (C=O) groups is 1. The van der Waals surface area contributed by atoms with Crippen molar-refractivity contribution in [3.8, 4) is 0 Å². The van der Waals surface area contributed by atoms with Crippen LogP contribution in [0.4, 0.5) is 4.39 Å². The summed E-state index contributed by atoms with van der Waals surface area (Å²) in [6.07, 6.45) is 0. The molecule has 1 N–H and O–H groups in total. The highest BCUT2D eigenvalue weighted by Crippen LogP contribution is 2.30. The van der Waals surface area contributed by atoms with Crippen LogP contribution in [0, 0.1) is 11.7 Å². The molecule has 0 heterocycles. The van der Waals surface area contributed by atoms with Gasteiger partial charge in [0.15, 0.2) is 0 Å². The molecule has 0 aliphatic heterocycles. The number of benzene rings is 1. The van der Waals surface area contributed by atoms with Gasteiger partial charge in [0.2, 0.25) is 0 Å². The van der Waals surface area contributed by atoms with Crippen molar-refractivity contribution in [1.82, 2.24) is 5.32 Å². The van der Waals surface area contributed by atoms with Crippen molar-refractivity contribution in [2.24, 2.45) is 5.92 Å². The number of hydrogen-bond acceptors (Lipinski definition) is 3. The molecule has 0 fully saturated rings. The first kappa shape index (κ1) is 16.1. The molecule has 1 unspecified atom stereocenters. The van der Waals surface area contributed by atoms with E-state index in [4.69, 9.17) is 4.74 Å². The van der Waals surface area contributed by atoms with E-state index in [0.717, 1.165) is 0 Å². The summed E-state index contributed by atoms with van der Waals surface area (Å²) in [7, 11) is 1.34. The minimum absolute atomic E-state index is 0.355.